The first-order chi connectivity index (χ1) is 26.0. The van der Waals surface area contributed by atoms with Gasteiger partial charge in [-0.3, -0.25) is 18.7 Å². The second-order valence-corrected chi connectivity index (χ2v) is 14.2. The van der Waals surface area contributed by atoms with Crippen molar-refractivity contribution in [3.05, 3.63) is 56.7 Å². The normalized spacial score (nSPS) is 15.9. The third-order valence-electron chi connectivity index (χ3n) is 10.3. The van der Waals surface area contributed by atoms with Gasteiger partial charge in [-0.2, -0.15) is 0 Å². The summed E-state index contributed by atoms with van der Waals surface area (Å²) in [6.45, 7) is 5.85. The van der Waals surface area contributed by atoms with Crippen LogP contribution in [0.3, 0.4) is 0 Å². The number of imidazole rings is 1. The summed E-state index contributed by atoms with van der Waals surface area (Å²) in [6, 6.07) is 7.70. The highest BCUT2D eigenvalue weighted by molar-refractivity contribution is 5.91. The number of hydrogen-bond donors (Lipinski definition) is 1. The summed E-state index contributed by atoms with van der Waals surface area (Å²) in [7, 11) is 3.50. The van der Waals surface area contributed by atoms with Gasteiger partial charge < -0.3 is 33.6 Å². The molecule has 0 atom stereocenters. The number of fused-ring (bicyclic) bond motifs is 1. The van der Waals surface area contributed by atoms with Gasteiger partial charge in [-0.15, -0.1) is 0 Å². The van der Waals surface area contributed by atoms with Gasteiger partial charge in [-0.1, -0.05) is 62.8 Å². The zero-order valence-electron chi connectivity index (χ0n) is 31.7. The average Bonchev–Trinajstić information content (AvgIpc) is 3.53. The lowest BCUT2D eigenvalue weighted by atomic mass is 9.89. The van der Waals surface area contributed by atoms with Crippen molar-refractivity contribution in [2.45, 2.75) is 77.3 Å². The monoisotopic (exact) mass is 737 g/mol. The van der Waals surface area contributed by atoms with Gasteiger partial charge in [0, 0.05) is 45.4 Å². The summed E-state index contributed by atoms with van der Waals surface area (Å²) in [5.74, 6) is 1.18. The molecular formula is C40H59N5O8. The number of rotatable bonds is 22. The largest absolute Gasteiger partial charge is 0.382 e. The van der Waals surface area contributed by atoms with Crippen LogP contribution in [0.1, 0.15) is 69.8 Å². The predicted octanol–water partition coefficient (Wildman–Crippen LogP) is 4.57. The van der Waals surface area contributed by atoms with Crippen LogP contribution in [0, 0.1) is 11.8 Å². The van der Waals surface area contributed by atoms with Gasteiger partial charge in [0.25, 0.3) is 5.56 Å². The summed E-state index contributed by atoms with van der Waals surface area (Å²) >= 11 is 0. The minimum atomic E-state index is -0.251. The van der Waals surface area contributed by atoms with Crippen LogP contribution < -0.4 is 16.6 Å². The van der Waals surface area contributed by atoms with Crippen LogP contribution in [0.15, 0.2) is 39.9 Å². The lowest BCUT2D eigenvalue weighted by Crippen LogP contribution is -2.43. The van der Waals surface area contributed by atoms with Crippen LogP contribution in [0.5, 0.6) is 0 Å². The SMILES string of the molecule is COCCOCCOCCOCCOCCNC(=O)/C=C/c1ccc(-c2nc3c(c(=O)n(CC4CCCCC4)c(=O)n3CC3CCCCC3)n2C)cc1. The highest BCUT2D eigenvalue weighted by atomic mass is 16.6. The van der Waals surface area contributed by atoms with E-state index in [0.717, 1.165) is 49.7 Å². The van der Waals surface area contributed by atoms with E-state index in [1.165, 1.54) is 36.3 Å². The fourth-order valence-corrected chi connectivity index (χ4v) is 7.33. The molecule has 1 N–H and O–H groups in total. The number of amides is 1. The minimum absolute atomic E-state index is 0.215. The van der Waals surface area contributed by atoms with Gasteiger partial charge in [0.15, 0.2) is 11.2 Å². The quantitative estimate of drug-likeness (QED) is 0.116. The lowest BCUT2D eigenvalue weighted by molar-refractivity contribution is -0.116. The Hall–Kier alpha value is -3.62. The molecule has 1 aromatic carbocycles. The van der Waals surface area contributed by atoms with E-state index in [0.29, 0.717) is 108 Å². The van der Waals surface area contributed by atoms with Crippen molar-refractivity contribution in [2.24, 2.45) is 18.9 Å². The van der Waals surface area contributed by atoms with Gasteiger partial charge in [0.2, 0.25) is 5.91 Å². The summed E-state index contributed by atoms with van der Waals surface area (Å²) < 4.78 is 31.8. The number of carbonyl (C=O) groups is 1. The van der Waals surface area contributed by atoms with Crippen LogP contribution in [-0.2, 0) is 48.6 Å². The van der Waals surface area contributed by atoms with Crippen molar-refractivity contribution in [3.8, 4) is 11.4 Å². The Morgan fingerprint density at radius 3 is 1.85 bits per heavy atom. The number of nitrogens with one attached hydrogen (secondary N) is 1. The molecule has 0 unspecified atom stereocenters. The zero-order chi connectivity index (χ0) is 37.3. The average molecular weight is 738 g/mol. The lowest BCUT2D eigenvalue weighted by Gasteiger charge is -2.24. The molecule has 0 bridgehead atoms. The Bertz CT molecular complexity index is 1700. The molecule has 2 aliphatic carbocycles. The maximum Gasteiger partial charge on any atom is 0.332 e. The summed E-state index contributed by atoms with van der Waals surface area (Å²) in [4.78, 5) is 45.3. The van der Waals surface area contributed by atoms with E-state index in [9.17, 15) is 14.4 Å². The van der Waals surface area contributed by atoms with Crippen molar-refractivity contribution < 1.29 is 28.5 Å². The standard InChI is InChI=1S/C40H59N5O8/c1-43-36-38(44(29-32-9-5-3-6-10-32)40(48)45(39(36)47)30-33-11-7-4-8-12-33)42-37(43)34-16-13-31(14-17-34)15-18-35(46)41-19-20-50-23-24-52-27-28-53-26-25-51-22-21-49-2/h13-18,32-33H,3-12,19-30H2,1-2H3,(H,41,46)/b18-15+. The molecule has 0 aliphatic heterocycles. The second-order valence-electron chi connectivity index (χ2n) is 14.2. The van der Waals surface area contributed by atoms with Gasteiger partial charge in [0.1, 0.15) is 5.82 Å². The number of aromatic nitrogens is 4. The third kappa shape index (κ3) is 12.2. The third-order valence-corrected chi connectivity index (χ3v) is 10.3. The van der Waals surface area contributed by atoms with E-state index in [4.69, 9.17) is 28.7 Å². The highest BCUT2D eigenvalue weighted by Gasteiger charge is 2.25. The van der Waals surface area contributed by atoms with E-state index in [1.54, 1.807) is 17.8 Å². The van der Waals surface area contributed by atoms with Crippen LogP contribution in [0.2, 0.25) is 0 Å². The number of aryl methyl sites for hydroxylation is 1. The molecule has 13 heteroatoms. The Morgan fingerprint density at radius 1 is 0.755 bits per heavy atom. The summed E-state index contributed by atoms with van der Waals surface area (Å²) in [5, 5.41) is 2.83. The fourth-order valence-electron chi connectivity index (χ4n) is 7.33. The molecule has 2 heterocycles. The number of nitrogens with zero attached hydrogens (tertiary/aromatic N) is 4. The summed E-state index contributed by atoms with van der Waals surface area (Å²) in [5.41, 5.74) is 2.15. The topological polar surface area (TPSA) is 137 Å². The van der Waals surface area contributed by atoms with Crippen molar-refractivity contribution in [2.75, 3.05) is 73.1 Å². The number of hydrogen-bond acceptors (Lipinski definition) is 9. The molecule has 0 radical (unpaired) electrons. The second kappa shape index (κ2) is 21.9. The molecule has 5 rings (SSSR count). The van der Waals surface area contributed by atoms with E-state index >= 15 is 0 Å². The molecule has 2 aromatic heterocycles. The maximum atomic E-state index is 14.0. The Morgan fingerprint density at radius 2 is 1.28 bits per heavy atom. The molecule has 292 valence electrons. The molecule has 1 amide bonds. The number of methoxy groups -OCH3 is 1. The fraction of sp³-hybridized carbons (Fsp3) is 0.650. The smallest absolute Gasteiger partial charge is 0.332 e. The van der Waals surface area contributed by atoms with Crippen LogP contribution in [0.4, 0.5) is 0 Å². The first-order valence-electron chi connectivity index (χ1n) is 19.5. The molecule has 2 saturated carbocycles. The van der Waals surface area contributed by atoms with Crippen LogP contribution >= 0.6 is 0 Å². The molecule has 0 saturated heterocycles. The first kappa shape index (κ1) is 40.6. The van der Waals surface area contributed by atoms with Crippen molar-refractivity contribution in [1.82, 2.24) is 24.0 Å². The number of carbonyl (C=O) groups excluding carboxylic acids is 1. The van der Waals surface area contributed by atoms with E-state index in [-0.39, 0.29) is 17.2 Å². The molecular weight excluding hydrogens is 678 g/mol. The molecule has 2 fully saturated rings. The number of ether oxygens (including phenoxy) is 5. The van der Waals surface area contributed by atoms with Gasteiger partial charge in [0.05, 0.1) is 59.5 Å². The van der Waals surface area contributed by atoms with Crippen LogP contribution in [0.25, 0.3) is 28.6 Å². The van der Waals surface area contributed by atoms with Crippen molar-refractivity contribution in [1.29, 1.82) is 0 Å². The Kier molecular flexibility index (Phi) is 16.8. The Labute approximate surface area is 312 Å². The van der Waals surface area contributed by atoms with Crippen molar-refractivity contribution in [3.63, 3.8) is 0 Å². The Balaban J connectivity index is 1.12. The van der Waals surface area contributed by atoms with E-state index in [2.05, 4.69) is 5.32 Å². The van der Waals surface area contributed by atoms with Crippen LogP contribution in [-0.4, -0.2) is 97.7 Å². The zero-order valence-corrected chi connectivity index (χ0v) is 31.7. The maximum absolute atomic E-state index is 14.0. The predicted molar refractivity (Wildman–Crippen MR) is 205 cm³/mol. The molecule has 53 heavy (non-hydrogen) atoms. The molecule has 3 aromatic rings. The van der Waals surface area contributed by atoms with E-state index < -0.39 is 0 Å². The summed E-state index contributed by atoms with van der Waals surface area (Å²) in [6.07, 6.45) is 14.7. The minimum Gasteiger partial charge on any atom is -0.382 e. The molecule has 2 aliphatic rings. The van der Waals surface area contributed by atoms with Crippen molar-refractivity contribution >= 4 is 23.1 Å². The van der Waals surface area contributed by atoms with Gasteiger partial charge in [-0.05, 0) is 49.2 Å². The molecule has 0 spiro atoms. The van der Waals surface area contributed by atoms with Gasteiger partial charge in [-0.25, -0.2) is 9.78 Å². The molecule has 13 nitrogen and oxygen atoms in total. The van der Waals surface area contributed by atoms with E-state index in [1.807, 2.05) is 35.9 Å². The highest BCUT2D eigenvalue weighted by Crippen LogP contribution is 2.28. The number of benzene rings is 1. The first-order valence-corrected chi connectivity index (χ1v) is 19.5. The van der Waals surface area contributed by atoms with Gasteiger partial charge >= 0.3 is 5.69 Å².